The molecule has 396 valence electrons. The Labute approximate surface area is 418 Å². The van der Waals surface area contributed by atoms with Crippen molar-refractivity contribution in [1.82, 2.24) is 5.32 Å². The smallest absolute Gasteiger partial charge is 0.306 e. The van der Waals surface area contributed by atoms with Gasteiger partial charge in [-0.3, -0.25) is 9.59 Å². The second-order valence-corrected chi connectivity index (χ2v) is 20.7. The van der Waals surface area contributed by atoms with Gasteiger partial charge in [0.2, 0.25) is 5.91 Å². The third-order valence-corrected chi connectivity index (χ3v) is 14.0. The van der Waals surface area contributed by atoms with Crippen LogP contribution in [0.25, 0.3) is 0 Å². The Hall–Kier alpha value is -1.66. The zero-order valence-corrected chi connectivity index (χ0v) is 45.3. The van der Waals surface area contributed by atoms with Crippen molar-refractivity contribution >= 4 is 11.9 Å². The van der Waals surface area contributed by atoms with Crippen LogP contribution < -0.4 is 5.32 Å². The molecule has 1 amide bonds. The van der Waals surface area contributed by atoms with Crippen LogP contribution in [-0.2, 0) is 14.3 Å². The average molecular weight is 945 g/mol. The monoisotopic (exact) mass is 944 g/mol. The fraction of sp³-hybridized carbons (Fsp3) is 0.902. The first kappa shape index (κ1) is 65.3. The van der Waals surface area contributed by atoms with E-state index in [0.29, 0.717) is 19.3 Å². The number of ether oxygens (including phenoxy) is 1. The van der Waals surface area contributed by atoms with Gasteiger partial charge in [0.05, 0.1) is 25.2 Å². The van der Waals surface area contributed by atoms with Gasteiger partial charge in [-0.25, -0.2) is 0 Å². The lowest BCUT2D eigenvalue weighted by Crippen LogP contribution is -2.46. The van der Waals surface area contributed by atoms with E-state index < -0.39 is 18.2 Å². The molecule has 0 aliphatic heterocycles. The molecule has 0 heterocycles. The summed E-state index contributed by atoms with van der Waals surface area (Å²) in [6.45, 7) is 6.42. The van der Waals surface area contributed by atoms with Crippen LogP contribution >= 0.6 is 0 Å². The van der Waals surface area contributed by atoms with Gasteiger partial charge in [0.25, 0.3) is 0 Å². The fourth-order valence-electron chi connectivity index (χ4n) is 9.53. The van der Waals surface area contributed by atoms with Crippen molar-refractivity contribution in [1.29, 1.82) is 0 Å². The second kappa shape index (κ2) is 55.3. The summed E-state index contributed by atoms with van der Waals surface area (Å²) < 4.78 is 5.96. The van der Waals surface area contributed by atoms with Crippen molar-refractivity contribution < 1.29 is 24.5 Å². The minimum atomic E-state index is -0.789. The molecule has 0 aromatic rings. The van der Waals surface area contributed by atoms with Crippen molar-refractivity contribution in [3.8, 4) is 0 Å². The third kappa shape index (κ3) is 50.5. The quantitative estimate of drug-likeness (QED) is 0.0321. The molecule has 3 unspecified atom stereocenters. The van der Waals surface area contributed by atoms with Crippen LogP contribution in [0.4, 0.5) is 0 Å². The summed E-state index contributed by atoms with van der Waals surface area (Å²) in [4.78, 5) is 26.3. The number of carbonyl (C=O) groups excluding carboxylic acids is 2. The van der Waals surface area contributed by atoms with Crippen molar-refractivity contribution in [3.05, 3.63) is 24.3 Å². The molecule has 6 heteroatoms. The van der Waals surface area contributed by atoms with Crippen LogP contribution in [-0.4, -0.2) is 46.9 Å². The molecule has 0 aliphatic carbocycles. The van der Waals surface area contributed by atoms with E-state index in [1.807, 2.05) is 0 Å². The molecule has 6 nitrogen and oxygen atoms in total. The third-order valence-electron chi connectivity index (χ3n) is 14.0. The Morgan fingerprint density at radius 1 is 0.448 bits per heavy atom. The summed E-state index contributed by atoms with van der Waals surface area (Å²) in [5.41, 5.74) is 0. The average Bonchev–Trinajstić information content (AvgIpc) is 3.32. The van der Waals surface area contributed by atoms with Crippen LogP contribution in [0.15, 0.2) is 24.3 Å². The molecule has 0 rings (SSSR count). The minimum absolute atomic E-state index is 0.0740. The predicted octanol–water partition coefficient (Wildman–Crippen LogP) is 18.6. The summed E-state index contributed by atoms with van der Waals surface area (Å²) in [5.74, 6) is -0.467. The maximum atomic E-state index is 13.3. The number of hydrogen-bond donors (Lipinski definition) is 3. The molecule has 0 spiro atoms. The highest BCUT2D eigenvalue weighted by atomic mass is 16.5. The van der Waals surface area contributed by atoms with Crippen molar-refractivity contribution in [2.75, 3.05) is 6.61 Å². The molecule has 0 aromatic carbocycles. The SMILES string of the molecule is CC/C=C/C/C=C/CCCCCCCC(CC(=O)NC(CO)C(O)CCCCCCCCCCCCCCCCCCC)OC(=O)CCCCCCCCCCCCCCCCCCCCC. The molecule has 0 saturated carbocycles. The predicted molar refractivity (Wildman–Crippen MR) is 292 cm³/mol. The maximum Gasteiger partial charge on any atom is 0.306 e. The molecule has 0 saturated heterocycles. The standard InChI is InChI=1S/C61H117NO5/c1-4-7-10-13-16-19-22-25-27-29-30-32-34-36-39-42-45-48-51-54-61(66)67-57(52-49-46-43-40-37-24-21-18-15-12-9-6-3)55-60(65)62-58(56-63)59(64)53-50-47-44-41-38-35-33-31-28-26-23-20-17-14-11-8-5-2/h9,12,18,21,57-59,63-64H,4-8,10-11,13-17,19-20,22-56H2,1-3H3,(H,62,65)/b12-9+,21-18+. The Morgan fingerprint density at radius 3 is 1.21 bits per heavy atom. The number of esters is 1. The van der Waals surface area contributed by atoms with Gasteiger partial charge in [0, 0.05) is 6.42 Å². The van der Waals surface area contributed by atoms with E-state index in [-0.39, 0.29) is 24.9 Å². The van der Waals surface area contributed by atoms with E-state index in [9.17, 15) is 19.8 Å². The summed E-state index contributed by atoms with van der Waals surface area (Å²) in [5, 5.41) is 23.9. The Balaban J connectivity index is 4.42. The number of rotatable bonds is 55. The first-order chi connectivity index (χ1) is 33.0. The molecule has 0 aliphatic rings. The van der Waals surface area contributed by atoms with Crippen molar-refractivity contribution in [2.45, 2.75) is 347 Å². The van der Waals surface area contributed by atoms with Gasteiger partial charge in [-0.15, -0.1) is 0 Å². The van der Waals surface area contributed by atoms with Crippen LogP contribution in [0, 0.1) is 0 Å². The molecule has 67 heavy (non-hydrogen) atoms. The van der Waals surface area contributed by atoms with E-state index >= 15 is 0 Å². The largest absolute Gasteiger partial charge is 0.462 e. The van der Waals surface area contributed by atoms with Crippen LogP contribution in [0.1, 0.15) is 329 Å². The first-order valence-corrected chi connectivity index (χ1v) is 30.1. The number of unbranched alkanes of at least 4 members (excludes halogenated alkanes) is 39. The lowest BCUT2D eigenvalue weighted by atomic mass is 10.0. The summed E-state index contributed by atoms with van der Waals surface area (Å²) in [6, 6.07) is -0.703. The number of carbonyl (C=O) groups is 2. The minimum Gasteiger partial charge on any atom is -0.462 e. The van der Waals surface area contributed by atoms with E-state index in [4.69, 9.17) is 4.74 Å². The van der Waals surface area contributed by atoms with Gasteiger partial charge in [-0.1, -0.05) is 289 Å². The Morgan fingerprint density at radius 2 is 0.806 bits per heavy atom. The topological polar surface area (TPSA) is 95.9 Å². The zero-order valence-electron chi connectivity index (χ0n) is 45.3. The number of amides is 1. The number of aliphatic hydroxyl groups excluding tert-OH is 2. The normalized spacial score (nSPS) is 13.2. The lowest BCUT2D eigenvalue weighted by Gasteiger charge is -2.24. The molecule has 3 atom stereocenters. The van der Waals surface area contributed by atoms with E-state index in [1.54, 1.807) is 0 Å². The Kier molecular flexibility index (Phi) is 53.9. The lowest BCUT2D eigenvalue weighted by molar-refractivity contribution is -0.151. The summed E-state index contributed by atoms with van der Waals surface area (Å²) >= 11 is 0. The van der Waals surface area contributed by atoms with Crippen LogP contribution in [0.3, 0.4) is 0 Å². The number of nitrogens with one attached hydrogen (secondary N) is 1. The van der Waals surface area contributed by atoms with Crippen LogP contribution in [0.2, 0.25) is 0 Å². The highest BCUT2D eigenvalue weighted by Gasteiger charge is 2.24. The van der Waals surface area contributed by atoms with Gasteiger partial charge in [-0.2, -0.15) is 0 Å². The second-order valence-electron chi connectivity index (χ2n) is 20.7. The van der Waals surface area contributed by atoms with Crippen LogP contribution in [0.5, 0.6) is 0 Å². The van der Waals surface area contributed by atoms with Gasteiger partial charge in [-0.05, 0) is 51.4 Å². The molecular formula is C61H117NO5. The molecule has 0 radical (unpaired) electrons. The van der Waals surface area contributed by atoms with E-state index in [0.717, 1.165) is 70.6 Å². The zero-order chi connectivity index (χ0) is 48.8. The van der Waals surface area contributed by atoms with E-state index in [1.165, 1.54) is 212 Å². The van der Waals surface area contributed by atoms with Gasteiger partial charge in [0.15, 0.2) is 0 Å². The maximum absolute atomic E-state index is 13.3. The van der Waals surface area contributed by atoms with Gasteiger partial charge in [0.1, 0.15) is 6.10 Å². The fourth-order valence-corrected chi connectivity index (χ4v) is 9.53. The summed E-state index contributed by atoms with van der Waals surface area (Å²) in [6.07, 6.45) is 65.4. The summed E-state index contributed by atoms with van der Waals surface area (Å²) in [7, 11) is 0. The molecular weight excluding hydrogens is 827 g/mol. The van der Waals surface area contributed by atoms with E-state index in [2.05, 4.69) is 50.4 Å². The molecule has 3 N–H and O–H groups in total. The number of aliphatic hydroxyl groups is 2. The number of allylic oxidation sites excluding steroid dienone is 4. The highest BCUT2D eigenvalue weighted by molar-refractivity contribution is 5.77. The van der Waals surface area contributed by atoms with Crippen molar-refractivity contribution in [2.24, 2.45) is 0 Å². The number of hydrogen-bond acceptors (Lipinski definition) is 5. The van der Waals surface area contributed by atoms with Gasteiger partial charge < -0.3 is 20.3 Å². The highest BCUT2D eigenvalue weighted by Crippen LogP contribution is 2.19. The molecule has 0 aromatic heterocycles. The Bertz CT molecular complexity index is 1060. The molecule has 0 fully saturated rings. The van der Waals surface area contributed by atoms with Gasteiger partial charge >= 0.3 is 5.97 Å². The molecule has 0 bridgehead atoms. The van der Waals surface area contributed by atoms with Crippen molar-refractivity contribution in [3.63, 3.8) is 0 Å². The first-order valence-electron chi connectivity index (χ1n) is 30.1.